The van der Waals surface area contributed by atoms with Gasteiger partial charge < -0.3 is 10.1 Å². The van der Waals surface area contributed by atoms with Gasteiger partial charge in [0, 0.05) is 5.41 Å². The van der Waals surface area contributed by atoms with Gasteiger partial charge in [0.05, 0.1) is 0 Å². The Kier molecular flexibility index (Phi) is 3.16. The highest BCUT2D eigenvalue weighted by molar-refractivity contribution is 5.76. The van der Waals surface area contributed by atoms with Crippen molar-refractivity contribution in [1.29, 1.82) is 0 Å². The topological polar surface area (TPSA) is 38.3 Å². The fourth-order valence-electron chi connectivity index (χ4n) is 4.58. The summed E-state index contributed by atoms with van der Waals surface area (Å²) in [6.45, 7) is 8.00. The maximum atomic E-state index is 12.3. The van der Waals surface area contributed by atoms with Crippen LogP contribution in [0.5, 0.6) is 0 Å². The van der Waals surface area contributed by atoms with Crippen LogP contribution in [0.3, 0.4) is 0 Å². The predicted molar refractivity (Wildman–Crippen MR) is 74.8 cm³/mol. The molecule has 1 saturated heterocycles. The van der Waals surface area contributed by atoms with E-state index < -0.39 is 0 Å². The second-order valence-electron chi connectivity index (χ2n) is 7.54. The molecule has 0 radical (unpaired) electrons. The number of hydrogen-bond acceptors (Lipinski definition) is 3. The molecule has 2 aliphatic carbocycles. The molecule has 0 aromatic rings. The molecule has 3 rings (SSSR count). The first kappa shape index (κ1) is 13.4. The quantitative estimate of drug-likeness (QED) is 0.780. The normalized spacial score (nSPS) is 44.3. The molecule has 3 aliphatic rings. The molecule has 1 heterocycles. The molecule has 0 aromatic heterocycles. The van der Waals surface area contributed by atoms with Gasteiger partial charge in [-0.2, -0.15) is 0 Å². The van der Waals surface area contributed by atoms with Gasteiger partial charge in [0.1, 0.15) is 12.1 Å². The number of rotatable bonds is 2. The van der Waals surface area contributed by atoms with Gasteiger partial charge >= 0.3 is 5.97 Å². The van der Waals surface area contributed by atoms with Crippen LogP contribution in [-0.2, 0) is 9.53 Å². The average molecular weight is 265 g/mol. The van der Waals surface area contributed by atoms with Crippen molar-refractivity contribution in [3.8, 4) is 0 Å². The Bertz CT molecular complexity index is 373. The zero-order chi connectivity index (χ0) is 13.7. The number of nitrogens with one attached hydrogen (secondary N) is 1. The number of carbonyl (C=O) groups excluding carboxylic acids is 1. The second-order valence-corrected chi connectivity index (χ2v) is 7.54. The maximum Gasteiger partial charge on any atom is 0.323 e. The van der Waals surface area contributed by atoms with Crippen molar-refractivity contribution < 1.29 is 9.53 Å². The van der Waals surface area contributed by atoms with Crippen molar-refractivity contribution >= 4 is 5.97 Å². The van der Waals surface area contributed by atoms with Crippen LogP contribution in [0.4, 0.5) is 0 Å². The zero-order valence-corrected chi connectivity index (χ0v) is 12.5. The number of esters is 1. The summed E-state index contributed by atoms with van der Waals surface area (Å²) in [6.07, 6.45) is 6.98. The Labute approximate surface area is 116 Å². The molecule has 3 heteroatoms. The molecule has 3 fully saturated rings. The van der Waals surface area contributed by atoms with Gasteiger partial charge in [0.15, 0.2) is 0 Å². The van der Waals surface area contributed by atoms with E-state index in [-0.39, 0.29) is 23.5 Å². The first-order chi connectivity index (χ1) is 8.95. The minimum absolute atomic E-state index is 0.00530. The monoisotopic (exact) mass is 265 g/mol. The molecular formula is C16H27NO2. The summed E-state index contributed by atoms with van der Waals surface area (Å²) in [4.78, 5) is 12.3. The summed E-state index contributed by atoms with van der Waals surface area (Å²) >= 11 is 0. The third kappa shape index (κ3) is 1.93. The molecule has 19 heavy (non-hydrogen) atoms. The van der Waals surface area contributed by atoms with E-state index >= 15 is 0 Å². The number of carbonyl (C=O) groups is 1. The van der Waals surface area contributed by atoms with Crippen LogP contribution in [0, 0.1) is 16.7 Å². The van der Waals surface area contributed by atoms with Crippen LogP contribution >= 0.6 is 0 Å². The van der Waals surface area contributed by atoms with Crippen LogP contribution in [0.15, 0.2) is 0 Å². The van der Waals surface area contributed by atoms with E-state index in [1.807, 2.05) is 0 Å². The lowest BCUT2D eigenvalue weighted by atomic mass is 9.70. The number of hydrogen-bond donors (Lipinski definition) is 1. The van der Waals surface area contributed by atoms with Crippen LogP contribution in [0.1, 0.15) is 59.3 Å². The van der Waals surface area contributed by atoms with Crippen LogP contribution in [0.25, 0.3) is 0 Å². The molecule has 0 spiro atoms. The van der Waals surface area contributed by atoms with Gasteiger partial charge in [0.25, 0.3) is 0 Å². The highest BCUT2D eigenvalue weighted by Gasteiger charge is 2.63. The van der Waals surface area contributed by atoms with Gasteiger partial charge in [-0.3, -0.25) is 4.79 Å². The third-order valence-corrected chi connectivity index (χ3v) is 6.57. The fraction of sp³-hybridized carbons (Fsp3) is 0.938. The lowest BCUT2D eigenvalue weighted by Crippen LogP contribution is -2.45. The van der Waals surface area contributed by atoms with Crippen molar-refractivity contribution in [1.82, 2.24) is 5.32 Å². The number of ether oxygens (including phenoxy) is 1. The third-order valence-electron chi connectivity index (χ3n) is 6.57. The lowest BCUT2D eigenvalue weighted by Gasteiger charge is -2.39. The lowest BCUT2D eigenvalue weighted by molar-refractivity contribution is -0.160. The van der Waals surface area contributed by atoms with Gasteiger partial charge in [0.2, 0.25) is 0 Å². The zero-order valence-electron chi connectivity index (χ0n) is 12.5. The molecule has 3 nitrogen and oxygen atoms in total. The Hall–Kier alpha value is -0.570. The summed E-state index contributed by atoms with van der Waals surface area (Å²) in [6, 6.07) is -0.0559. The molecule has 0 aromatic carbocycles. The standard InChI is InChI=1S/C16H27NO2/c1-15(2)11-7-8-16(15,3)13(10-11)19-14(18)12-6-4-5-9-17-12/h11-13,17H,4-10H2,1-3H3/t11?,12-,13?,16?/m1/s1. The van der Waals surface area contributed by atoms with E-state index in [4.69, 9.17) is 4.74 Å². The minimum atomic E-state index is -0.0559. The smallest absolute Gasteiger partial charge is 0.323 e. The summed E-state index contributed by atoms with van der Waals surface area (Å²) in [5.41, 5.74) is 0.500. The first-order valence-corrected chi connectivity index (χ1v) is 7.89. The Morgan fingerprint density at radius 3 is 2.53 bits per heavy atom. The molecule has 1 aliphatic heterocycles. The molecule has 1 N–H and O–H groups in total. The minimum Gasteiger partial charge on any atom is -0.461 e. The van der Waals surface area contributed by atoms with Gasteiger partial charge in [-0.1, -0.05) is 27.2 Å². The highest BCUT2D eigenvalue weighted by atomic mass is 16.5. The molecule has 3 unspecified atom stereocenters. The Balaban J connectivity index is 1.66. The summed E-state index contributed by atoms with van der Waals surface area (Å²) in [5.74, 6) is 0.726. The largest absolute Gasteiger partial charge is 0.461 e. The van der Waals surface area contributed by atoms with Crippen LogP contribution < -0.4 is 5.32 Å². The predicted octanol–water partition coefficient (Wildman–Crippen LogP) is 2.89. The molecule has 0 amide bonds. The summed E-state index contributed by atoms with van der Waals surface area (Å²) in [5, 5.41) is 3.30. The first-order valence-electron chi connectivity index (χ1n) is 7.89. The number of piperidine rings is 1. The van der Waals surface area contributed by atoms with Gasteiger partial charge in [-0.25, -0.2) is 0 Å². The van der Waals surface area contributed by atoms with E-state index in [1.165, 1.54) is 19.3 Å². The second kappa shape index (κ2) is 4.47. The molecule has 2 bridgehead atoms. The number of fused-ring (bicyclic) bond motifs is 2. The highest BCUT2D eigenvalue weighted by Crippen LogP contribution is 2.66. The van der Waals surface area contributed by atoms with Crippen molar-refractivity contribution in [3.05, 3.63) is 0 Å². The Morgan fingerprint density at radius 2 is 2.00 bits per heavy atom. The van der Waals surface area contributed by atoms with E-state index in [0.29, 0.717) is 5.41 Å². The van der Waals surface area contributed by atoms with Crippen molar-refractivity contribution in [3.63, 3.8) is 0 Å². The maximum absolute atomic E-state index is 12.3. The average Bonchev–Trinajstić information content (AvgIpc) is 2.73. The summed E-state index contributed by atoms with van der Waals surface area (Å²) < 4.78 is 5.92. The van der Waals surface area contributed by atoms with E-state index in [1.54, 1.807) is 0 Å². The molecule has 108 valence electrons. The molecule has 2 saturated carbocycles. The van der Waals surface area contributed by atoms with E-state index in [0.717, 1.165) is 31.7 Å². The van der Waals surface area contributed by atoms with Crippen LogP contribution in [-0.4, -0.2) is 24.7 Å². The van der Waals surface area contributed by atoms with E-state index in [9.17, 15) is 4.79 Å². The van der Waals surface area contributed by atoms with E-state index in [2.05, 4.69) is 26.1 Å². The van der Waals surface area contributed by atoms with Crippen molar-refractivity contribution in [2.45, 2.75) is 71.4 Å². The molecular weight excluding hydrogens is 238 g/mol. The fourth-order valence-corrected chi connectivity index (χ4v) is 4.58. The van der Waals surface area contributed by atoms with Crippen LogP contribution in [0.2, 0.25) is 0 Å². The Morgan fingerprint density at radius 1 is 1.21 bits per heavy atom. The van der Waals surface area contributed by atoms with Gasteiger partial charge in [-0.15, -0.1) is 0 Å². The van der Waals surface area contributed by atoms with Crippen molar-refractivity contribution in [2.24, 2.45) is 16.7 Å². The van der Waals surface area contributed by atoms with Gasteiger partial charge in [-0.05, 0) is 50.0 Å². The molecule has 4 atom stereocenters. The van der Waals surface area contributed by atoms with Crippen molar-refractivity contribution in [2.75, 3.05) is 6.54 Å². The summed E-state index contributed by atoms with van der Waals surface area (Å²) in [7, 11) is 0. The SMILES string of the molecule is CC1(C)C2CCC1(C)C(OC(=O)[C@H]1CCCCN1)C2.